The second-order valence-corrected chi connectivity index (χ2v) is 4.09. The highest BCUT2D eigenvalue weighted by Crippen LogP contribution is 2.15. The lowest BCUT2D eigenvalue weighted by Crippen LogP contribution is -1.90. The number of phenolic OH excluding ortho intramolecular Hbond substituents is 1. The van der Waals surface area contributed by atoms with E-state index in [4.69, 9.17) is 5.11 Å². The number of hydrogen-bond donors (Lipinski definition) is 1. The van der Waals surface area contributed by atoms with Gasteiger partial charge in [0.05, 0.1) is 5.56 Å². The van der Waals surface area contributed by atoms with E-state index in [0.717, 1.165) is 19.1 Å². The number of carbonyl (C=O) groups is 2. The Morgan fingerprint density at radius 3 is 2.33 bits per heavy atom. The molecule has 0 radical (unpaired) electrons. The summed E-state index contributed by atoms with van der Waals surface area (Å²) in [7, 11) is 0. The molecule has 0 fully saturated rings. The molecule has 0 saturated carbocycles. The Hall–Kier alpha value is -1.64. The van der Waals surface area contributed by atoms with Crippen molar-refractivity contribution in [2.24, 2.45) is 0 Å². The molecule has 3 heteroatoms. The molecule has 0 atom stereocenters. The molecule has 100 valence electrons. The Labute approximate surface area is 109 Å². The molecule has 0 aliphatic heterocycles. The van der Waals surface area contributed by atoms with Crippen LogP contribution in [-0.4, -0.2) is 17.2 Å². The monoisotopic (exact) mass is 250 g/mol. The number of benzene rings is 1. The highest BCUT2D eigenvalue weighted by Gasteiger charge is 2.02. The van der Waals surface area contributed by atoms with Crippen LogP contribution < -0.4 is 0 Å². The van der Waals surface area contributed by atoms with E-state index in [9.17, 15) is 9.59 Å². The van der Waals surface area contributed by atoms with Gasteiger partial charge in [-0.15, -0.1) is 0 Å². The van der Waals surface area contributed by atoms with Crippen LogP contribution in [0.5, 0.6) is 5.75 Å². The minimum atomic E-state index is -0.113. The van der Waals surface area contributed by atoms with Crippen molar-refractivity contribution in [2.45, 2.75) is 46.0 Å². The zero-order valence-corrected chi connectivity index (χ0v) is 11.2. The van der Waals surface area contributed by atoms with E-state index in [2.05, 4.69) is 6.92 Å². The van der Waals surface area contributed by atoms with E-state index in [1.165, 1.54) is 32.3 Å². The summed E-state index contributed by atoms with van der Waals surface area (Å²) in [5.74, 6) is -0.0619. The second kappa shape index (κ2) is 10.5. The predicted molar refractivity (Wildman–Crippen MR) is 72.9 cm³/mol. The van der Waals surface area contributed by atoms with E-state index >= 15 is 0 Å². The number of aromatic hydroxyl groups is 1. The van der Waals surface area contributed by atoms with Gasteiger partial charge in [-0.05, 0) is 25.5 Å². The Kier molecular flexibility index (Phi) is 9.55. The summed E-state index contributed by atoms with van der Waals surface area (Å²) in [4.78, 5) is 20.5. The molecule has 0 spiro atoms. The molecule has 3 nitrogen and oxygen atoms in total. The number of carbonyl (C=O) groups excluding carboxylic acids is 2. The van der Waals surface area contributed by atoms with Crippen molar-refractivity contribution in [3.63, 3.8) is 0 Å². The molecule has 0 aromatic heterocycles. The third kappa shape index (κ3) is 7.60. The number of para-hydroxylation sites is 1. The minimum absolute atomic E-state index is 0.0509. The third-order valence-electron chi connectivity index (χ3n) is 2.46. The summed E-state index contributed by atoms with van der Waals surface area (Å²) in [5.41, 5.74) is 0.377. The summed E-state index contributed by atoms with van der Waals surface area (Å²) in [6.07, 6.45) is 6.56. The molecule has 0 unspecified atom stereocenters. The van der Waals surface area contributed by atoms with Gasteiger partial charge in [-0.1, -0.05) is 38.3 Å². The summed E-state index contributed by atoms with van der Waals surface area (Å²) in [6, 6.07) is 6.49. The van der Waals surface area contributed by atoms with Gasteiger partial charge in [0.1, 0.15) is 12.0 Å². The van der Waals surface area contributed by atoms with Gasteiger partial charge in [0, 0.05) is 6.42 Å². The first-order valence-corrected chi connectivity index (χ1v) is 6.36. The maximum atomic E-state index is 10.7. The molecular weight excluding hydrogens is 228 g/mol. The number of ketones is 1. The van der Waals surface area contributed by atoms with Crippen LogP contribution in [0.2, 0.25) is 0 Å². The van der Waals surface area contributed by atoms with E-state index < -0.39 is 0 Å². The highest BCUT2D eigenvalue weighted by molar-refractivity contribution is 5.96. The molecule has 0 heterocycles. The van der Waals surface area contributed by atoms with Crippen molar-refractivity contribution in [1.29, 1.82) is 0 Å². The molecule has 0 amide bonds. The lowest BCUT2D eigenvalue weighted by Gasteiger charge is -1.96. The van der Waals surface area contributed by atoms with Gasteiger partial charge in [-0.2, -0.15) is 0 Å². The quantitative estimate of drug-likeness (QED) is 0.475. The van der Waals surface area contributed by atoms with Crippen LogP contribution >= 0.6 is 0 Å². The number of phenols is 1. The lowest BCUT2D eigenvalue weighted by molar-refractivity contribution is -0.107. The topological polar surface area (TPSA) is 54.4 Å². The smallest absolute Gasteiger partial charge is 0.163 e. The van der Waals surface area contributed by atoms with Crippen molar-refractivity contribution in [1.82, 2.24) is 0 Å². The van der Waals surface area contributed by atoms with Crippen LogP contribution in [0.1, 0.15) is 56.3 Å². The summed E-state index contributed by atoms with van der Waals surface area (Å²) in [6.45, 7) is 3.59. The number of hydrogen-bond acceptors (Lipinski definition) is 3. The molecule has 0 bridgehead atoms. The van der Waals surface area contributed by atoms with Crippen LogP contribution in [0.25, 0.3) is 0 Å². The average Bonchev–Trinajstić information content (AvgIpc) is 2.36. The first kappa shape index (κ1) is 16.4. The Morgan fingerprint density at radius 1 is 1.22 bits per heavy atom. The van der Waals surface area contributed by atoms with E-state index in [0.29, 0.717) is 5.56 Å². The van der Waals surface area contributed by atoms with Crippen molar-refractivity contribution in [3.8, 4) is 5.75 Å². The van der Waals surface area contributed by atoms with Crippen LogP contribution in [-0.2, 0) is 4.79 Å². The highest BCUT2D eigenvalue weighted by atomic mass is 16.3. The maximum absolute atomic E-state index is 10.7. The molecule has 1 rings (SSSR count). The van der Waals surface area contributed by atoms with Crippen molar-refractivity contribution < 1.29 is 14.7 Å². The number of Topliss-reactive ketones (excluding diaryl/α,β-unsaturated/α-hetero) is 1. The van der Waals surface area contributed by atoms with E-state index in [1.807, 2.05) is 0 Å². The fourth-order valence-corrected chi connectivity index (χ4v) is 1.43. The molecule has 18 heavy (non-hydrogen) atoms. The Morgan fingerprint density at radius 2 is 1.89 bits per heavy atom. The van der Waals surface area contributed by atoms with Crippen molar-refractivity contribution in [3.05, 3.63) is 29.8 Å². The number of unbranched alkanes of at least 4 members (excludes halogenated alkanes) is 4. The molecule has 1 N–H and O–H groups in total. The Bertz CT molecular complexity index is 359. The first-order chi connectivity index (χ1) is 8.63. The van der Waals surface area contributed by atoms with Crippen molar-refractivity contribution >= 4 is 12.1 Å². The molecule has 1 aromatic carbocycles. The van der Waals surface area contributed by atoms with Crippen LogP contribution in [0, 0.1) is 0 Å². The van der Waals surface area contributed by atoms with Gasteiger partial charge in [0.25, 0.3) is 0 Å². The van der Waals surface area contributed by atoms with Crippen LogP contribution in [0.15, 0.2) is 24.3 Å². The molecule has 0 aliphatic carbocycles. The molecule has 0 aliphatic rings. The van der Waals surface area contributed by atoms with Gasteiger partial charge < -0.3 is 9.90 Å². The van der Waals surface area contributed by atoms with Crippen molar-refractivity contribution in [2.75, 3.05) is 0 Å². The normalized spacial score (nSPS) is 9.22. The first-order valence-electron chi connectivity index (χ1n) is 6.36. The van der Waals surface area contributed by atoms with Gasteiger partial charge >= 0.3 is 0 Å². The van der Waals surface area contributed by atoms with Gasteiger partial charge in [0.15, 0.2) is 5.78 Å². The summed E-state index contributed by atoms with van der Waals surface area (Å²) < 4.78 is 0. The third-order valence-corrected chi connectivity index (χ3v) is 2.46. The van der Waals surface area contributed by atoms with Crippen LogP contribution in [0.3, 0.4) is 0 Å². The molecular formula is C15H22O3. The fraction of sp³-hybridized carbons (Fsp3) is 0.467. The molecule has 0 saturated heterocycles. The summed E-state index contributed by atoms with van der Waals surface area (Å²) >= 11 is 0. The maximum Gasteiger partial charge on any atom is 0.163 e. The lowest BCUT2D eigenvalue weighted by atomic mass is 10.1. The standard InChI is InChI=1S/C8H8O2.C7H14O/c1-6(9)7-4-2-3-5-8(7)10;1-2-3-4-5-6-7-8/h2-5,10H,1H3;7H,2-6H2,1H3. The summed E-state index contributed by atoms with van der Waals surface area (Å²) in [5, 5.41) is 9.06. The van der Waals surface area contributed by atoms with Crippen LogP contribution in [0.4, 0.5) is 0 Å². The largest absolute Gasteiger partial charge is 0.507 e. The van der Waals surface area contributed by atoms with Gasteiger partial charge in [-0.25, -0.2) is 0 Å². The number of rotatable bonds is 6. The number of aldehydes is 1. The van der Waals surface area contributed by atoms with Gasteiger partial charge in [-0.3, -0.25) is 4.79 Å². The second-order valence-electron chi connectivity index (χ2n) is 4.09. The molecule has 1 aromatic rings. The predicted octanol–water partition coefficient (Wildman–Crippen LogP) is 3.75. The minimum Gasteiger partial charge on any atom is -0.507 e. The fourth-order valence-electron chi connectivity index (χ4n) is 1.43. The van der Waals surface area contributed by atoms with E-state index in [-0.39, 0.29) is 11.5 Å². The SMILES string of the molecule is CC(=O)c1ccccc1O.CCCCCCC=O. The zero-order valence-electron chi connectivity index (χ0n) is 11.2. The Balaban J connectivity index is 0.000000331. The van der Waals surface area contributed by atoms with E-state index in [1.54, 1.807) is 18.2 Å². The van der Waals surface area contributed by atoms with Gasteiger partial charge in [0.2, 0.25) is 0 Å². The average molecular weight is 250 g/mol. The zero-order chi connectivity index (χ0) is 13.8.